The summed E-state index contributed by atoms with van der Waals surface area (Å²) in [4.78, 5) is 39.2. The van der Waals surface area contributed by atoms with Crippen molar-refractivity contribution in [3.05, 3.63) is 71.3 Å². The van der Waals surface area contributed by atoms with Gasteiger partial charge in [0.05, 0.1) is 0 Å². The summed E-state index contributed by atoms with van der Waals surface area (Å²) in [6.07, 6.45) is 0. The van der Waals surface area contributed by atoms with Gasteiger partial charge in [-0.05, 0) is 35.4 Å². The van der Waals surface area contributed by atoms with Crippen LogP contribution in [0.15, 0.2) is 48.5 Å². The molecule has 1 aliphatic heterocycles. The van der Waals surface area contributed by atoms with E-state index in [0.717, 1.165) is 5.56 Å². The molecule has 28 heavy (non-hydrogen) atoms. The predicted octanol–water partition coefficient (Wildman–Crippen LogP) is 1.45. The van der Waals surface area contributed by atoms with Gasteiger partial charge in [-0.25, -0.2) is 8.78 Å². The van der Waals surface area contributed by atoms with Gasteiger partial charge in [0.25, 0.3) is 0 Å². The maximum absolute atomic E-state index is 13.0. The van der Waals surface area contributed by atoms with Gasteiger partial charge in [0.15, 0.2) is 0 Å². The molecule has 0 saturated carbocycles. The van der Waals surface area contributed by atoms with E-state index in [1.54, 1.807) is 24.3 Å². The van der Waals surface area contributed by atoms with E-state index in [4.69, 9.17) is 0 Å². The number of carbonyl (C=O) groups is 3. The third-order valence-corrected chi connectivity index (χ3v) is 4.42. The Labute approximate surface area is 160 Å². The lowest BCUT2D eigenvalue weighted by Crippen LogP contribution is -2.55. The number of hydrogen-bond donors (Lipinski definition) is 1. The fourth-order valence-electron chi connectivity index (χ4n) is 2.86. The average Bonchev–Trinajstić information content (AvgIpc) is 2.69. The maximum atomic E-state index is 13.0. The third-order valence-electron chi connectivity index (χ3n) is 4.42. The number of rotatable bonds is 6. The zero-order chi connectivity index (χ0) is 20.1. The Morgan fingerprint density at radius 1 is 0.821 bits per heavy atom. The Bertz CT molecular complexity index is 869. The standard InChI is InChI=1S/C20H19F2N3O3/c21-16-5-1-14(2-6-16)11-23-18(26)13-25-10-9-24(19(27)20(25)28)12-15-3-7-17(22)8-4-15/h1-8H,9-13H2,(H,23,26). The minimum absolute atomic E-state index is 0.200. The number of nitrogens with one attached hydrogen (secondary N) is 1. The third kappa shape index (κ3) is 4.91. The smallest absolute Gasteiger partial charge is 0.312 e. The molecule has 0 spiro atoms. The van der Waals surface area contributed by atoms with Gasteiger partial charge in [0.2, 0.25) is 5.91 Å². The first-order valence-electron chi connectivity index (χ1n) is 8.76. The largest absolute Gasteiger partial charge is 0.350 e. The summed E-state index contributed by atoms with van der Waals surface area (Å²) in [7, 11) is 0. The van der Waals surface area contributed by atoms with Crippen LogP contribution in [0.3, 0.4) is 0 Å². The molecule has 1 N–H and O–H groups in total. The fourth-order valence-corrected chi connectivity index (χ4v) is 2.86. The van der Waals surface area contributed by atoms with Crippen molar-refractivity contribution in [3.8, 4) is 0 Å². The Kier molecular flexibility index (Phi) is 5.98. The number of nitrogens with zero attached hydrogens (tertiary/aromatic N) is 2. The monoisotopic (exact) mass is 387 g/mol. The molecule has 1 heterocycles. The Morgan fingerprint density at radius 2 is 1.32 bits per heavy atom. The second-order valence-corrected chi connectivity index (χ2v) is 6.48. The van der Waals surface area contributed by atoms with Crippen LogP contribution in [0.4, 0.5) is 8.78 Å². The molecule has 1 aliphatic rings. The van der Waals surface area contributed by atoms with Crippen LogP contribution in [0.25, 0.3) is 0 Å². The van der Waals surface area contributed by atoms with Gasteiger partial charge in [-0.3, -0.25) is 14.4 Å². The van der Waals surface area contributed by atoms with Gasteiger partial charge in [-0.1, -0.05) is 24.3 Å². The lowest BCUT2D eigenvalue weighted by molar-refractivity contribution is -0.157. The number of carbonyl (C=O) groups excluding carboxylic acids is 3. The van der Waals surface area contributed by atoms with Crippen LogP contribution in [-0.4, -0.2) is 47.2 Å². The Balaban J connectivity index is 1.50. The van der Waals surface area contributed by atoms with Gasteiger partial charge in [-0.15, -0.1) is 0 Å². The van der Waals surface area contributed by atoms with Crippen molar-refractivity contribution in [1.82, 2.24) is 15.1 Å². The first-order valence-corrected chi connectivity index (χ1v) is 8.76. The summed E-state index contributed by atoms with van der Waals surface area (Å²) in [5, 5.41) is 2.64. The van der Waals surface area contributed by atoms with Crippen LogP contribution in [-0.2, 0) is 27.5 Å². The lowest BCUT2D eigenvalue weighted by atomic mass is 10.2. The Morgan fingerprint density at radius 3 is 1.93 bits per heavy atom. The van der Waals surface area contributed by atoms with Crippen LogP contribution < -0.4 is 5.32 Å². The molecule has 3 rings (SSSR count). The van der Waals surface area contributed by atoms with Crippen LogP contribution in [0.2, 0.25) is 0 Å². The van der Waals surface area contributed by atoms with Crippen LogP contribution in [0.5, 0.6) is 0 Å². The normalized spacial score (nSPS) is 14.4. The van der Waals surface area contributed by atoms with Gasteiger partial charge >= 0.3 is 11.8 Å². The first kappa shape index (κ1) is 19.5. The van der Waals surface area contributed by atoms with Gasteiger partial charge in [-0.2, -0.15) is 0 Å². The van der Waals surface area contributed by atoms with Gasteiger partial charge in [0.1, 0.15) is 18.2 Å². The summed E-state index contributed by atoms with van der Waals surface area (Å²) in [6.45, 7) is 0.695. The molecule has 1 saturated heterocycles. The van der Waals surface area contributed by atoms with Crippen LogP contribution >= 0.6 is 0 Å². The van der Waals surface area contributed by atoms with Crippen molar-refractivity contribution in [2.75, 3.05) is 19.6 Å². The summed E-state index contributed by atoms with van der Waals surface area (Å²) in [5.41, 5.74) is 1.44. The van der Waals surface area contributed by atoms with Gasteiger partial charge < -0.3 is 15.1 Å². The quantitative estimate of drug-likeness (QED) is 0.763. The van der Waals surface area contributed by atoms with Crippen molar-refractivity contribution in [1.29, 1.82) is 0 Å². The highest BCUT2D eigenvalue weighted by atomic mass is 19.1. The van der Waals surface area contributed by atoms with E-state index in [1.807, 2.05) is 0 Å². The predicted molar refractivity (Wildman–Crippen MR) is 96.6 cm³/mol. The molecule has 0 bridgehead atoms. The molecule has 6 nitrogen and oxygen atoms in total. The molecular weight excluding hydrogens is 368 g/mol. The van der Waals surface area contributed by atoms with Crippen molar-refractivity contribution in [2.45, 2.75) is 13.1 Å². The number of benzene rings is 2. The molecule has 0 atom stereocenters. The number of halogens is 2. The molecule has 2 aromatic rings. The van der Waals surface area contributed by atoms with E-state index in [1.165, 1.54) is 34.1 Å². The topological polar surface area (TPSA) is 69.7 Å². The summed E-state index contributed by atoms with van der Waals surface area (Å²) in [5.74, 6) is -2.58. The summed E-state index contributed by atoms with van der Waals surface area (Å²) in [6, 6.07) is 11.4. The van der Waals surface area contributed by atoms with E-state index in [2.05, 4.69) is 5.32 Å². The van der Waals surface area contributed by atoms with E-state index in [9.17, 15) is 23.2 Å². The number of hydrogen-bond acceptors (Lipinski definition) is 3. The molecule has 0 unspecified atom stereocenters. The number of amides is 3. The van der Waals surface area contributed by atoms with E-state index in [0.29, 0.717) is 5.56 Å². The maximum Gasteiger partial charge on any atom is 0.312 e. The van der Waals surface area contributed by atoms with Crippen molar-refractivity contribution >= 4 is 17.7 Å². The highest BCUT2D eigenvalue weighted by molar-refractivity contribution is 6.35. The zero-order valence-electron chi connectivity index (χ0n) is 15.0. The second-order valence-electron chi connectivity index (χ2n) is 6.48. The second kappa shape index (κ2) is 8.60. The molecule has 8 heteroatoms. The highest BCUT2D eigenvalue weighted by Crippen LogP contribution is 2.11. The first-order chi connectivity index (χ1) is 13.4. The molecule has 146 valence electrons. The van der Waals surface area contributed by atoms with E-state index >= 15 is 0 Å². The molecular formula is C20H19F2N3O3. The summed E-state index contributed by atoms with van der Waals surface area (Å²) < 4.78 is 25.8. The average molecular weight is 387 g/mol. The zero-order valence-corrected chi connectivity index (χ0v) is 15.0. The fraction of sp³-hybridized carbons (Fsp3) is 0.250. The minimum Gasteiger partial charge on any atom is -0.350 e. The molecule has 3 amide bonds. The highest BCUT2D eigenvalue weighted by Gasteiger charge is 2.33. The van der Waals surface area contributed by atoms with Crippen LogP contribution in [0, 0.1) is 11.6 Å². The van der Waals surface area contributed by atoms with Crippen LogP contribution in [0.1, 0.15) is 11.1 Å². The molecule has 0 aliphatic carbocycles. The molecule has 2 aromatic carbocycles. The molecule has 1 fully saturated rings. The summed E-state index contributed by atoms with van der Waals surface area (Å²) >= 11 is 0. The van der Waals surface area contributed by atoms with E-state index < -0.39 is 17.7 Å². The van der Waals surface area contributed by atoms with Gasteiger partial charge in [0, 0.05) is 26.2 Å². The Hall–Kier alpha value is -3.29. The molecule has 0 aromatic heterocycles. The lowest BCUT2D eigenvalue weighted by Gasteiger charge is -2.33. The molecule has 0 radical (unpaired) electrons. The minimum atomic E-state index is -0.745. The SMILES string of the molecule is O=C(CN1CCN(Cc2ccc(F)cc2)C(=O)C1=O)NCc1ccc(F)cc1. The number of piperazine rings is 1. The van der Waals surface area contributed by atoms with Crippen molar-refractivity contribution < 1.29 is 23.2 Å². The van der Waals surface area contributed by atoms with Crippen molar-refractivity contribution in [3.63, 3.8) is 0 Å². The van der Waals surface area contributed by atoms with Crippen molar-refractivity contribution in [2.24, 2.45) is 0 Å². The van der Waals surface area contributed by atoms with E-state index in [-0.39, 0.29) is 44.4 Å².